The molecule has 0 amide bonds. The Morgan fingerprint density at radius 2 is 1.69 bits per heavy atom. The fraction of sp³-hybridized carbons (Fsp3) is 0.250. The molecule has 0 spiro atoms. The number of methoxy groups -OCH3 is 1. The third kappa shape index (κ3) is 4.32. The Morgan fingerprint density at radius 1 is 1.15 bits per heavy atom. The van der Waals surface area contributed by atoms with Crippen LogP contribution in [0.1, 0.15) is 0 Å². The molecule has 5 heteroatoms. The average Bonchev–Trinajstić information content (AvgIpc) is 2.03. The first-order chi connectivity index (χ1) is 6.01. The normalized spacial score (nSPS) is 11.4. The molecule has 0 saturated heterocycles. The number of thioether (sulfide) groups is 1. The van der Waals surface area contributed by atoms with E-state index in [1.54, 1.807) is 7.11 Å². The molecule has 0 atom stereocenters. The van der Waals surface area contributed by atoms with Crippen LogP contribution in [0.2, 0.25) is 0 Å². The highest BCUT2D eigenvalue weighted by Gasteiger charge is 2.20. The molecule has 0 bridgehead atoms. The predicted molar refractivity (Wildman–Crippen MR) is 59.1 cm³/mol. The summed E-state index contributed by atoms with van der Waals surface area (Å²) in [4.78, 5) is 0.890. The van der Waals surface area contributed by atoms with Crippen LogP contribution in [0, 0.1) is 0 Å². The second kappa shape index (κ2) is 4.65. The van der Waals surface area contributed by atoms with Crippen molar-refractivity contribution in [1.82, 2.24) is 0 Å². The number of ether oxygens (including phenoxy) is 1. The number of rotatable bonds is 2. The molecule has 1 rings (SSSR count). The van der Waals surface area contributed by atoms with Crippen molar-refractivity contribution in [2.75, 3.05) is 7.11 Å². The van der Waals surface area contributed by atoms with Crippen molar-refractivity contribution in [3.63, 3.8) is 0 Å². The summed E-state index contributed by atoms with van der Waals surface area (Å²) in [6.07, 6.45) is 0. The van der Waals surface area contributed by atoms with E-state index in [9.17, 15) is 0 Å². The van der Waals surface area contributed by atoms with Crippen LogP contribution in [0.5, 0.6) is 5.75 Å². The minimum absolute atomic E-state index is 0.786. The van der Waals surface area contributed by atoms with Gasteiger partial charge in [0, 0.05) is 4.90 Å². The minimum atomic E-state index is -1.31. The molecule has 1 aromatic carbocycles. The summed E-state index contributed by atoms with van der Waals surface area (Å²) in [6.45, 7) is 0. The number of benzene rings is 1. The zero-order valence-electron chi connectivity index (χ0n) is 6.76. The molecule has 0 radical (unpaired) electrons. The van der Waals surface area contributed by atoms with Crippen LogP contribution >= 0.6 is 46.6 Å². The second-order valence-corrected chi connectivity index (χ2v) is 6.46. The van der Waals surface area contributed by atoms with Crippen LogP contribution in [0.4, 0.5) is 0 Å². The van der Waals surface area contributed by atoms with Crippen molar-refractivity contribution >= 4 is 46.6 Å². The van der Waals surface area contributed by atoms with Crippen LogP contribution in [0.3, 0.4) is 0 Å². The molecule has 0 aromatic heterocycles. The Bertz CT molecular complexity index is 268. The van der Waals surface area contributed by atoms with Crippen molar-refractivity contribution in [1.29, 1.82) is 0 Å². The fourth-order valence-electron chi connectivity index (χ4n) is 0.777. The summed E-state index contributed by atoms with van der Waals surface area (Å²) in [5.74, 6) is 0.786. The van der Waals surface area contributed by atoms with Gasteiger partial charge in [0.25, 0.3) is 0 Å². The molecule has 0 aliphatic rings. The predicted octanol–water partition coefficient (Wildman–Crippen LogP) is 4.12. The summed E-state index contributed by atoms with van der Waals surface area (Å²) in [6, 6.07) is 7.31. The minimum Gasteiger partial charge on any atom is -0.497 e. The van der Waals surface area contributed by atoms with Crippen molar-refractivity contribution in [2.45, 2.75) is 8.02 Å². The lowest BCUT2D eigenvalue weighted by molar-refractivity contribution is 0.414. The number of hydrogen-bond acceptors (Lipinski definition) is 2. The van der Waals surface area contributed by atoms with Crippen LogP contribution in [0.25, 0.3) is 0 Å². The molecule has 0 heterocycles. The Labute approximate surface area is 96.3 Å². The standard InChI is InChI=1S/C8H7Cl3OS/c1-12-6-2-4-7(5-3-6)13-8(9,10)11/h2-5H,1H3/i8+1. The van der Waals surface area contributed by atoms with E-state index >= 15 is 0 Å². The van der Waals surface area contributed by atoms with Crippen LogP contribution in [-0.4, -0.2) is 10.2 Å². The third-order valence-corrected chi connectivity index (χ3v) is 2.73. The van der Waals surface area contributed by atoms with Gasteiger partial charge in [0.15, 0.2) is 0 Å². The van der Waals surface area contributed by atoms with Crippen molar-refractivity contribution in [3.8, 4) is 5.75 Å². The largest absolute Gasteiger partial charge is 0.497 e. The smallest absolute Gasteiger partial charge is 0.241 e. The zero-order chi connectivity index (χ0) is 9.90. The monoisotopic (exact) mass is 257 g/mol. The van der Waals surface area contributed by atoms with E-state index < -0.39 is 3.12 Å². The lowest BCUT2D eigenvalue weighted by Gasteiger charge is -2.09. The van der Waals surface area contributed by atoms with Crippen molar-refractivity contribution in [2.24, 2.45) is 0 Å². The first-order valence-corrected chi connectivity index (χ1v) is 5.36. The highest BCUT2D eigenvalue weighted by atomic mass is 35.6. The zero-order valence-corrected chi connectivity index (χ0v) is 9.84. The molecule has 72 valence electrons. The van der Waals surface area contributed by atoms with E-state index in [0.29, 0.717) is 0 Å². The van der Waals surface area contributed by atoms with Gasteiger partial charge in [-0.25, -0.2) is 0 Å². The SMILES string of the molecule is COc1ccc(S[13C](Cl)(Cl)Cl)cc1. The van der Waals surface area contributed by atoms with Crippen LogP contribution < -0.4 is 4.74 Å². The maximum atomic E-state index is 5.60. The lowest BCUT2D eigenvalue weighted by Crippen LogP contribution is -1.92. The molecule has 0 unspecified atom stereocenters. The maximum absolute atomic E-state index is 5.60. The van der Waals surface area contributed by atoms with E-state index in [2.05, 4.69) is 0 Å². The highest BCUT2D eigenvalue weighted by molar-refractivity contribution is 8.04. The quantitative estimate of drug-likeness (QED) is 0.448. The van der Waals surface area contributed by atoms with Gasteiger partial charge in [-0.2, -0.15) is 0 Å². The first-order valence-electron chi connectivity index (χ1n) is 3.41. The van der Waals surface area contributed by atoms with E-state index in [0.717, 1.165) is 22.4 Å². The maximum Gasteiger partial charge on any atom is 0.241 e. The molecule has 1 aromatic rings. The van der Waals surface area contributed by atoms with Gasteiger partial charge in [-0.05, 0) is 24.3 Å². The van der Waals surface area contributed by atoms with Gasteiger partial charge >= 0.3 is 0 Å². The molecule has 0 N–H and O–H groups in total. The number of alkyl halides is 3. The molecule has 13 heavy (non-hydrogen) atoms. The van der Waals surface area contributed by atoms with Crippen LogP contribution in [-0.2, 0) is 0 Å². The molecule has 0 aliphatic heterocycles. The lowest BCUT2D eigenvalue weighted by atomic mass is 10.3. The van der Waals surface area contributed by atoms with Gasteiger partial charge in [0.05, 0.1) is 7.11 Å². The van der Waals surface area contributed by atoms with E-state index in [1.165, 1.54) is 0 Å². The molecular formula is C8H7Cl3OS. The fourth-order valence-corrected chi connectivity index (χ4v) is 2.12. The van der Waals surface area contributed by atoms with Crippen LogP contribution in [0.15, 0.2) is 29.2 Å². The third-order valence-electron chi connectivity index (χ3n) is 1.29. The first kappa shape index (κ1) is 11.3. The Kier molecular flexibility index (Phi) is 4.05. The van der Waals surface area contributed by atoms with Gasteiger partial charge in [0.1, 0.15) is 5.75 Å². The van der Waals surface area contributed by atoms with Gasteiger partial charge < -0.3 is 4.74 Å². The summed E-state index contributed by atoms with van der Waals surface area (Å²) in [5.41, 5.74) is 0. The Morgan fingerprint density at radius 3 is 2.08 bits per heavy atom. The Hall–Kier alpha value is 0.240. The summed E-state index contributed by atoms with van der Waals surface area (Å²) < 4.78 is 3.68. The van der Waals surface area contributed by atoms with Gasteiger partial charge in [0.2, 0.25) is 3.12 Å². The topological polar surface area (TPSA) is 9.23 Å². The Balaban J connectivity index is 2.70. The summed E-state index contributed by atoms with van der Waals surface area (Å²) >= 11 is 18.0. The van der Waals surface area contributed by atoms with E-state index in [-0.39, 0.29) is 0 Å². The highest BCUT2D eigenvalue weighted by Crippen LogP contribution is 2.43. The van der Waals surface area contributed by atoms with Gasteiger partial charge in [-0.1, -0.05) is 46.6 Å². The molecular weight excluding hydrogens is 252 g/mol. The number of hydrogen-bond donors (Lipinski definition) is 0. The van der Waals surface area contributed by atoms with Gasteiger partial charge in [-0.15, -0.1) is 0 Å². The molecule has 1 nitrogen and oxygen atoms in total. The van der Waals surface area contributed by atoms with Crippen molar-refractivity contribution in [3.05, 3.63) is 24.3 Å². The second-order valence-electron chi connectivity index (χ2n) is 2.22. The average molecular weight is 259 g/mol. The van der Waals surface area contributed by atoms with Gasteiger partial charge in [-0.3, -0.25) is 0 Å². The van der Waals surface area contributed by atoms with E-state index in [1.807, 2.05) is 24.3 Å². The number of halogens is 3. The van der Waals surface area contributed by atoms with Crippen molar-refractivity contribution < 1.29 is 4.74 Å². The summed E-state index contributed by atoms with van der Waals surface area (Å²) in [5, 5.41) is 0. The summed E-state index contributed by atoms with van der Waals surface area (Å²) in [7, 11) is 1.61. The molecule has 0 saturated carbocycles. The van der Waals surface area contributed by atoms with E-state index in [4.69, 9.17) is 39.5 Å². The molecule has 0 fully saturated rings. The molecule has 0 aliphatic carbocycles.